The Labute approximate surface area is 158 Å². The summed E-state index contributed by atoms with van der Waals surface area (Å²) in [4.78, 5) is 17.7. The van der Waals surface area contributed by atoms with E-state index in [1.165, 1.54) is 0 Å². The van der Waals surface area contributed by atoms with Gasteiger partial charge in [0.2, 0.25) is 5.88 Å². The van der Waals surface area contributed by atoms with Crippen LogP contribution in [-0.2, 0) is 0 Å². The van der Waals surface area contributed by atoms with Gasteiger partial charge in [0.05, 0.1) is 18.8 Å². The number of nitrogens with two attached hydrogens (primary N) is 1. The zero-order valence-corrected chi connectivity index (χ0v) is 15.3. The molecule has 0 spiro atoms. The SMILES string of the molecule is CCOc1nccc2c(C(=O)c3cccc4c3OCCC4CN)cccc12. The maximum Gasteiger partial charge on any atom is 0.221 e. The lowest BCUT2D eigenvalue weighted by atomic mass is 9.89. The summed E-state index contributed by atoms with van der Waals surface area (Å²) in [7, 11) is 0. The Hall–Kier alpha value is -2.92. The van der Waals surface area contributed by atoms with Crippen LogP contribution in [0.4, 0.5) is 0 Å². The highest BCUT2D eigenvalue weighted by Crippen LogP contribution is 2.37. The molecule has 0 saturated heterocycles. The second kappa shape index (κ2) is 7.37. The third-order valence-corrected chi connectivity index (χ3v) is 5.02. The van der Waals surface area contributed by atoms with Crippen LogP contribution in [0, 0.1) is 0 Å². The van der Waals surface area contributed by atoms with Crippen molar-refractivity contribution >= 4 is 16.6 Å². The van der Waals surface area contributed by atoms with Crippen LogP contribution in [0.3, 0.4) is 0 Å². The van der Waals surface area contributed by atoms with Crippen LogP contribution in [0.1, 0.15) is 40.7 Å². The molecule has 4 rings (SSSR count). The van der Waals surface area contributed by atoms with E-state index >= 15 is 0 Å². The number of carbonyl (C=O) groups is 1. The molecule has 2 N–H and O–H groups in total. The first-order valence-corrected chi connectivity index (χ1v) is 9.25. The summed E-state index contributed by atoms with van der Waals surface area (Å²) in [5.74, 6) is 1.37. The monoisotopic (exact) mass is 362 g/mol. The quantitative estimate of drug-likeness (QED) is 0.701. The van der Waals surface area contributed by atoms with Crippen LogP contribution in [0.5, 0.6) is 11.6 Å². The zero-order chi connectivity index (χ0) is 18.8. The largest absolute Gasteiger partial charge is 0.492 e. The molecule has 2 aromatic carbocycles. The van der Waals surface area contributed by atoms with Gasteiger partial charge in [-0.25, -0.2) is 4.98 Å². The summed E-state index contributed by atoms with van der Waals surface area (Å²) in [5, 5.41) is 1.65. The van der Waals surface area contributed by atoms with Gasteiger partial charge in [0.1, 0.15) is 5.75 Å². The number of hydrogen-bond donors (Lipinski definition) is 1. The summed E-state index contributed by atoms with van der Waals surface area (Å²) in [6.45, 7) is 3.56. The number of para-hydroxylation sites is 1. The number of aromatic nitrogens is 1. The van der Waals surface area contributed by atoms with Gasteiger partial charge in [-0.15, -0.1) is 0 Å². The molecule has 5 nitrogen and oxygen atoms in total. The Morgan fingerprint density at radius 2 is 2.00 bits per heavy atom. The molecule has 1 unspecified atom stereocenters. The molecule has 0 bridgehead atoms. The first-order chi connectivity index (χ1) is 13.2. The fraction of sp³-hybridized carbons (Fsp3) is 0.273. The summed E-state index contributed by atoms with van der Waals surface area (Å²) in [5.41, 5.74) is 8.12. The number of ketones is 1. The number of carbonyl (C=O) groups excluding carboxylic acids is 1. The minimum absolute atomic E-state index is 0.0660. The Kier molecular flexibility index (Phi) is 4.77. The molecule has 1 aromatic heterocycles. The normalized spacial score (nSPS) is 15.9. The average molecular weight is 362 g/mol. The molecule has 1 aliphatic heterocycles. The molecule has 0 amide bonds. The van der Waals surface area contributed by atoms with Crippen molar-refractivity contribution in [1.29, 1.82) is 0 Å². The van der Waals surface area contributed by atoms with Crippen molar-refractivity contribution in [3.63, 3.8) is 0 Å². The molecular weight excluding hydrogens is 340 g/mol. The van der Waals surface area contributed by atoms with Gasteiger partial charge in [-0.3, -0.25) is 4.79 Å². The molecule has 0 saturated carbocycles. The first-order valence-electron chi connectivity index (χ1n) is 9.25. The highest BCUT2D eigenvalue weighted by Gasteiger charge is 2.26. The van der Waals surface area contributed by atoms with Gasteiger partial charge in [0, 0.05) is 23.1 Å². The summed E-state index contributed by atoms with van der Waals surface area (Å²) < 4.78 is 11.5. The van der Waals surface area contributed by atoms with E-state index in [9.17, 15) is 4.79 Å². The zero-order valence-electron chi connectivity index (χ0n) is 15.3. The van der Waals surface area contributed by atoms with Crippen molar-refractivity contribution in [2.45, 2.75) is 19.3 Å². The molecule has 2 heterocycles. The molecule has 0 aliphatic carbocycles. The predicted molar refractivity (Wildman–Crippen MR) is 105 cm³/mol. The van der Waals surface area contributed by atoms with Gasteiger partial charge in [-0.1, -0.05) is 24.3 Å². The van der Waals surface area contributed by atoms with E-state index in [0.717, 1.165) is 22.8 Å². The van der Waals surface area contributed by atoms with Crippen LogP contribution in [0.15, 0.2) is 48.7 Å². The summed E-state index contributed by atoms with van der Waals surface area (Å²) in [6, 6.07) is 13.2. The van der Waals surface area contributed by atoms with E-state index in [2.05, 4.69) is 4.98 Å². The van der Waals surface area contributed by atoms with Gasteiger partial charge in [0.15, 0.2) is 5.78 Å². The van der Waals surface area contributed by atoms with Crippen LogP contribution in [0.2, 0.25) is 0 Å². The lowest BCUT2D eigenvalue weighted by Gasteiger charge is -2.26. The maximum atomic E-state index is 13.4. The molecule has 0 radical (unpaired) electrons. The fourth-order valence-electron chi connectivity index (χ4n) is 3.69. The highest BCUT2D eigenvalue weighted by molar-refractivity contribution is 6.18. The standard InChI is InChI=1S/C22H22N2O3/c1-2-26-22-18-7-4-6-17(16(18)9-11-24-22)20(25)19-8-3-5-15-14(13-23)10-12-27-21(15)19/h3-9,11,14H,2,10,12-13,23H2,1H3. The number of ether oxygens (including phenoxy) is 2. The Balaban J connectivity index is 1.84. The number of nitrogens with zero attached hydrogens (tertiary/aromatic N) is 1. The number of hydrogen-bond acceptors (Lipinski definition) is 5. The second-order valence-electron chi connectivity index (χ2n) is 6.57. The van der Waals surface area contributed by atoms with Crippen molar-refractivity contribution < 1.29 is 14.3 Å². The van der Waals surface area contributed by atoms with Gasteiger partial charge < -0.3 is 15.2 Å². The van der Waals surface area contributed by atoms with E-state index in [4.69, 9.17) is 15.2 Å². The first kappa shape index (κ1) is 17.5. The lowest BCUT2D eigenvalue weighted by molar-refractivity contribution is 0.103. The predicted octanol–water partition coefficient (Wildman–Crippen LogP) is 3.69. The smallest absolute Gasteiger partial charge is 0.221 e. The number of fused-ring (bicyclic) bond motifs is 2. The Morgan fingerprint density at radius 3 is 2.81 bits per heavy atom. The minimum Gasteiger partial charge on any atom is -0.492 e. The Bertz CT molecular complexity index is 1000. The highest BCUT2D eigenvalue weighted by atomic mass is 16.5. The molecule has 0 fully saturated rings. The fourth-order valence-corrected chi connectivity index (χ4v) is 3.69. The van der Waals surface area contributed by atoms with Gasteiger partial charge in [0.25, 0.3) is 0 Å². The van der Waals surface area contributed by atoms with E-state index < -0.39 is 0 Å². The number of benzene rings is 2. The van der Waals surface area contributed by atoms with Gasteiger partial charge in [-0.2, -0.15) is 0 Å². The molecular formula is C22H22N2O3. The van der Waals surface area contributed by atoms with Gasteiger partial charge >= 0.3 is 0 Å². The lowest BCUT2D eigenvalue weighted by Crippen LogP contribution is -2.22. The van der Waals surface area contributed by atoms with E-state index in [0.29, 0.717) is 42.5 Å². The summed E-state index contributed by atoms with van der Waals surface area (Å²) in [6.07, 6.45) is 2.55. The molecule has 27 heavy (non-hydrogen) atoms. The molecule has 5 heteroatoms. The summed E-state index contributed by atoms with van der Waals surface area (Å²) >= 11 is 0. The van der Waals surface area contributed by atoms with Crippen molar-refractivity contribution in [1.82, 2.24) is 4.98 Å². The van der Waals surface area contributed by atoms with Crippen molar-refractivity contribution in [3.05, 3.63) is 65.4 Å². The van der Waals surface area contributed by atoms with E-state index in [1.807, 2.05) is 49.4 Å². The van der Waals surface area contributed by atoms with Crippen LogP contribution < -0.4 is 15.2 Å². The van der Waals surface area contributed by atoms with Crippen LogP contribution >= 0.6 is 0 Å². The third-order valence-electron chi connectivity index (χ3n) is 5.02. The number of pyridine rings is 1. The van der Waals surface area contributed by atoms with E-state index in [-0.39, 0.29) is 11.7 Å². The maximum absolute atomic E-state index is 13.4. The topological polar surface area (TPSA) is 74.4 Å². The Morgan fingerprint density at radius 1 is 1.19 bits per heavy atom. The van der Waals surface area contributed by atoms with Gasteiger partial charge in [-0.05, 0) is 49.0 Å². The average Bonchev–Trinajstić information content (AvgIpc) is 2.72. The molecule has 138 valence electrons. The van der Waals surface area contributed by atoms with Crippen molar-refractivity contribution in [3.8, 4) is 11.6 Å². The van der Waals surface area contributed by atoms with Crippen LogP contribution in [0.25, 0.3) is 10.8 Å². The van der Waals surface area contributed by atoms with E-state index in [1.54, 1.807) is 6.20 Å². The van der Waals surface area contributed by atoms with Crippen molar-refractivity contribution in [2.75, 3.05) is 19.8 Å². The number of rotatable bonds is 5. The molecule has 1 aliphatic rings. The molecule has 1 atom stereocenters. The minimum atomic E-state index is -0.0660. The molecule has 3 aromatic rings. The second-order valence-corrected chi connectivity index (χ2v) is 6.57. The van der Waals surface area contributed by atoms with Crippen molar-refractivity contribution in [2.24, 2.45) is 5.73 Å². The van der Waals surface area contributed by atoms with Crippen LogP contribution in [-0.4, -0.2) is 30.5 Å². The third kappa shape index (κ3) is 3.04.